The monoisotopic (exact) mass is 273 g/mol. The van der Waals surface area contributed by atoms with Crippen molar-refractivity contribution < 1.29 is 4.74 Å². The maximum Gasteiger partial charge on any atom is 0.138 e. The molecule has 0 unspecified atom stereocenters. The van der Waals surface area contributed by atoms with E-state index in [1.54, 1.807) is 0 Å². The van der Waals surface area contributed by atoms with Gasteiger partial charge in [0, 0.05) is 4.47 Å². The van der Waals surface area contributed by atoms with Crippen molar-refractivity contribution in [1.29, 1.82) is 0 Å². The van der Waals surface area contributed by atoms with Gasteiger partial charge in [-0.05, 0) is 37.1 Å². The summed E-state index contributed by atoms with van der Waals surface area (Å²) in [5.74, 6) is 0.802. The smallest absolute Gasteiger partial charge is 0.138 e. The summed E-state index contributed by atoms with van der Waals surface area (Å²) in [5, 5.41) is 0. The molecular weight excluding hydrogens is 262 g/mol. The summed E-state index contributed by atoms with van der Waals surface area (Å²) in [5.41, 5.74) is 7.63. The van der Waals surface area contributed by atoms with E-state index in [9.17, 15) is 0 Å². The van der Waals surface area contributed by atoms with Crippen molar-refractivity contribution in [3.8, 4) is 5.75 Å². The van der Waals surface area contributed by atoms with Crippen molar-refractivity contribution in [2.45, 2.75) is 13.8 Å². The fourth-order valence-electron chi connectivity index (χ4n) is 1.14. The fraction of sp³-hybridized carbons (Fsp3) is 0.300. The average Bonchev–Trinajstić information content (AvgIpc) is 2.10. The molecule has 0 fully saturated rings. The molecule has 0 aliphatic heterocycles. The van der Waals surface area contributed by atoms with E-state index in [4.69, 9.17) is 22.7 Å². The van der Waals surface area contributed by atoms with E-state index < -0.39 is 0 Å². The lowest BCUT2D eigenvalue weighted by molar-refractivity contribution is 0.377. The fourth-order valence-corrected chi connectivity index (χ4v) is 1.43. The van der Waals surface area contributed by atoms with Crippen LogP contribution in [0.3, 0.4) is 0 Å². The molecule has 0 heterocycles. The number of benzene rings is 1. The number of aryl methyl sites for hydroxylation is 2. The molecule has 1 rings (SSSR count). The van der Waals surface area contributed by atoms with Crippen molar-refractivity contribution >= 4 is 33.1 Å². The van der Waals surface area contributed by atoms with Crippen LogP contribution in [0.4, 0.5) is 0 Å². The second-order valence-electron chi connectivity index (χ2n) is 3.13. The highest BCUT2D eigenvalue weighted by atomic mass is 79.9. The lowest BCUT2D eigenvalue weighted by atomic mass is 10.1. The summed E-state index contributed by atoms with van der Waals surface area (Å²) >= 11 is 8.22. The van der Waals surface area contributed by atoms with Gasteiger partial charge in [0.15, 0.2) is 0 Å². The van der Waals surface area contributed by atoms with Gasteiger partial charge < -0.3 is 10.5 Å². The van der Waals surface area contributed by atoms with Crippen molar-refractivity contribution in [2.75, 3.05) is 6.61 Å². The molecular formula is C10H12BrNOS. The summed E-state index contributed by atoms with van der Waals surface area (Å²) in [7, 11) is 0. The van der Waals surface area contributed by atoms with E-state index in [2.05, 4.69) is 15.9 Å². The zero-order chi connectivity index (χ0) is 10.7. The molecule has 0 aliphatic carbocycles. The average molecular weight is 274 g/mol. The standard InChI is InChI=1S/C10H12BrNOS/c1-6-3-8(13-5-9(12)14)4-7(2)10(6)11/h3-4H,5H2,1-2H3,(H2,12,14). The Bertz CT molecular complexity index is 342. The molecule has 0 bridgehead atoms. The number of ether oxygens (including phenoxy) is 1. The minimum atomic E-state index is 0.288. The van der Waals surface area contributed by atoms with Crippen LogP contribution in [0.1, 0.15) is 11.1 Å². The number of rotatable bonds is 3. The zero-order valence-electron chi connectivity index (χ0n) is 8.13. The number of hydrogen-bond acceptors (Lipinski definition) is 2. The van der Waals surface area contributed by atoms with Crippen molar-refractivity contribution in [1.82, 2.24) is 0 Å². The van der Waals surface area contributed by atoms with E-state index in [1.807, 2.05) is 26.0 Å². The SMILES string of the molecule is Cc1cc(OCC(N)=S)cc(C)c1Br. The van der Waals surface area contributed by atoms with Crippen LogP contribution in [0, 0.1) is 13.8 Å². The number of nitrogens with two attached hydrogens (primary N) is 1. The van der Waals surface area contributed by atoms with Crippen molar-refractivity contribution in [2.24, 2.45) is 5.73 Å². The topological polar surface area (TPSA) is 35.2 Å². The van der Waals surface area contributed by atoms with Gasteiger partial charge in [-0.1, -0.05) is 28.1 Å². The maximum absolute atomic E-state index is 5.40. The molecule has 2 N–H and O–H groups in total. The first-order valence-corrected chi connectivity index (χ1v) is 5.38. The number of hydrogen-bond donors (Lipinski definition) is 1. The Morgan fingerprint density at radius 1 is 1.43 bits per heavy atom. The van der Waals surface area contributed by atoms with E-state index in [0.717, 1.165) is 21.3 Å². The molecule has 1 aromatic carbocycles. The molecule has 0 amide bonds. The van der Waals surface area contributed by atoms with Crippen LogP contribution in [0.2, 0.25) is 0 Å². The molecule has 4 heteroatoms. The van der Waals surface area contributed by atoms with Crippen LogP contribution in [0.15, 0.2) is 16.6 Å². The summed E-state index contributed by atoms with van der Waals surface area (Å²) in [6.45, 7) is 4.32. The molecule has 1 aromatic rings. The Balaban J connectivity index is 2.84. The van der Waals surface area contributed by atoms with Gasteiger partial charge in [0.05, 0.1) is 0 Å². The predicted molar refractivity (Wildman–Crippen MR) is 65.9 cm³/mol. The van der Waals surface area contributed by atoms with Gasteiger partial charge in [-0.3, -0.25) is 0 Å². The molecule has 76 valence electrons. The molecule has 0 spiro atoms. The van der Waals surface area contributed by atoms with Gasteiger partial charge in [-0.15, -0.1) is 0 Å². The highest BCUT2D eigenvalue weighted by Gasteiger charge is 2.03. The molecule has 14 heavy (non-hydrogen) atoms. The first-order chi connectivity index (χ1) is 6.50. The number of halogens is 1. The minimum Gasteiger partial charge on any atom is -0.486 e. The quantitative estimate of drug-likeness (QED) is 0.861. The van der Waals surface area contributed by atoms with Crippen molar-refractivity contribution in [3.63, 3.8) is 0 Å². The van der Waals surface area contributed by atoms with Gasteiger partial charge in [0.2, 0.25) is 0 Å². The van der Waals surface area contributed by atoms with Crippen LogP contribution in [0.25, 0.3) is 0 Å². The van der Waals surface area contributed by atoms with E-state index in [1.165, 1.54) is 0 Å². The van der Waals surface area contributed by atoms with Crippen LogP contribution in [0.5, 0.6) is 5.75 Å². The lowest BCUT2D eigenvalue weighted by Crippen LogP contribution is -2.17. The van der Waals surface area contributed by atoms with E-state index >= 15 is 0 Å². The zero-order valence-corrected chi connectivity index (χ0v) is 10.5. The normalized spacial score (nSPS) is 9.93. The molecule has 0 radical (unpaired) electrons. The Morgan fingerprint density at radius 3 is 2.36 bits per heavy atom. The van der Waals surface area contributed by atoms with Crippen LogP contribution in [-0.4, -0.2) is 11.6 Å². The lowest BCUT2D eigenvalue weighted by Gasteiger charge is -2.09. The van der Waals surface area contributed by atoms with Crippen molar-refractivity contribution in [3.05, 3.63) is 27.7 Å². The molecule has 0 atom stereocenters. The predicted octanol–water partition coefficient (Wildman–Crippen LogP) is 2.73. The highest BCUT2D eigenvalue weighted by Crippen LogP contribution is 2.26. The second-order valence-corrected chi connectivity index (χ2v) is 4.44. The molecule has 0 aromatic heterocycles. The Labute approximate surface area is 97.6 Å². The first-order valence-electron chi connectivity index (χ1n) is 4.18. The van der Waals surface area contributed by atoms with E-state index in [0.29, 0.717) is 4.99 Å². The molecule has 0 saturated carbocycles. The second kappa shape index (κ2) is 4.75. The molecule has 2 nitrogen and oxygen atoms in total. The van der Waals surface area contributed by atoms with Gasteiger partial charge in [0.25, 0.3) is 0 Å². The van der Waals surface area contributed by atoms with E-state index in [-0.39, 0.29) is 6.61 Å². The summed E-state index contributed by atoms with van der Waals surface area (Å²) in [6, 6.07) is 3.91. The van der Waals surface area contributed by atoms with Gasteiger partial charge in [-0.25, -0.2) is 0 Å². The summed E-state index contributed by atoms with van der Waals surface area (Å²) in [4.78, 5) is 0.364. The largest absolute Gasteiger partial charge is 0.486 e. The first kappa shape index (κ1) is 11.5. The van der Waals surface area contributed by atoms with Gasteiger partial charge in [-0.2, -0.15) is 0 Å². The Morgan fingerprint density at radius 2 is 1.93 bits per heavy atom. The van der Waals surface area contributed by atoms with Gasteiger partial charge >= 0.3 is 0 Å². The molecule has 0 saturated heterocycles. The molecule has 0 aliphatic rings. The van der Waals surface area contributed by atoms with Gasteiger partial charge in [0.1, 0.15) is 17.3 Å². The van der Waals surface area contributed by atoms with Crippen LogP contribution >= 0.6 is 28.1 Å². The minimum absolute atomic E-state index is 0.288. The Hall–Kier alpha value is -0.610. The third-order valence-electron chi connectivity index (χ3n) is 1.79. The Kier molecular flexibility index (Phi) is 3.89. The summed E-state index contributed by atoms with van der Waals surface area (Å²) in [6.07, 6.45) is 0. The van der Waals surface area contributed by atoms with Crippen LogP contribution in [-0.2, 0) is 0 Å². The highest BCUT2D eigenvalue weighted by molar-refractivity contribution is 9.10. The third-order valence-corrected chi connectivity index (χ3v) is 3.16. The third kappa shape index (κ3) is 2.96. The number of thiocarbonyl (C=S) groups is 1. The summed E-state index contributed by atoms with van der Waals surface area (Å²) < 4.78 is 6.51. The maximum atomic E-state index is 5.40. The van der Waals surface area contributed by atoms with Crippen LogP contribution < -0.4 is 10.5 Å².